The van der Waals surface area contributed by atoms with E-state index in [0.717, 1.165) is 12.1 Å². The lowest BCUT2D eigenvalue weighted by Gasteiger charge is -2.09. The monoisotopic (exact) mass is 298 g/mol. The van der Waals surface area contributed by atoms with Crippen LogP contribution in [0.1, 0.15) is 5.56 Å². The van der Waals surface area contributed by atoms with Crippen LogP contribution in [0.4, 0.5) is 20.2 Å². The molecule has 0 aliphatic rings. The molecule has 0 unspecified atom stereocenters. The quantitative estimate of drug-likeness (QED) is 0.682. The van der Waals surface area contributed by atoms with Crippen molar-refractivity contribution in [2.24, 2.45) is 0 Å². The van der Waals surface area contributed by atoms with Gasteiger partial charge in [0, 0.05) is 17.6 Å². The van der Waals surface area contributed by atoms with Crippen molar-refractivity contribution >= 4 is 23.0 Å². The first kappa shape index (κ1) is 14.2. The lowest BCUT2D eigenvalue weighted by Crippen LogP contribution is -2.02. The van der Waals surface area contributed by atoms with E-state index in [1.54, 1.807) is 0 Å². The van der Waals surface area contributed by atoms with E-state index in [9.17, 15) is 18.9 Å². The number of anilines is 1. The molecule has 2 aromatic carbocycles. The van der Waals surface area contributed by atoms with E-state index in [1.807, 2.05) is 0 Å². The van der Waals surface area contributed by atoms with Gasteiger partial charge in [0.05, 0.1) is 16.7 Å². The Hall–Kier alpha value is -2.21. The zero-order valence-corrected chi connectivity index (χ0v) is 10.8. The summed E-state index contributed by atoms with van der Waals surface area (Å²) in [4.78, 5) is 9.81. The van der Waals surface area contributed by atoms with Gasteiger partial charge in [0.1, 0.15) is 5.82 Å². The molecule has 1 N–H and O–H groups in total. The zero-order chi connectivity index (χ0) is 14.7. The minimum Gasteiger partial charge on any atom is -0.379 e. The van der Waals surface area contributed by atoms with Gasteiger partial charge in [0.2, 0.25) is 0 Å². The van der Waals surface area contributed by atoms with Crippen molar-refractivity contribution in [2.75, 3.05) is 5.32 Å². The molecule has 2 aromatic rings. The Kier molecular flexibility index (Phi) is 4.14. The van der Waals surface area contributed by atoms with Gasteiger partial charge in [-0.2, -0.15) is 0 Å². The highest BCUT2D eigenvalue weighted by atomic mass is 35.5. The maximum atomic E-state index is 13.6. The highest BCUT2D eigenvalue weighted by molar-refractivity contribution is 6.31. The summed E-state index contributed by atoms with van der Waals surface area (Å²) in [5.41, 5.74) is 0.370. The molecule has 0 bridgehead atoms. The predicted molar refractivity (Wildman–Crippen MR) is 71.8 cm³/mol. The molecule has 0 saturated carbocycles. The fourth-order valence-corrected chi connectivity index (χ4v) is 1.85. The third kappa shape index (κ3) is 3.21. The van der Waals surface area contributed by atoms with Crippen LogP contribution in [0.25, 0.3) is 0 Å². The van der Waals surface area contributed by atoms with Gasteiger partial charge in [0.25, 0.3) is 5.69 Å². The Morgan fingerprint density at radius 3 is 2.55 bits per heavy atom. The van der Waals surface area contributed by atoms with Crippen molar-refractivity contribution in [2.45, 2.75) is 6.54 Å². The maximum absolute atomic E-state index is 13.6. The van der Waals surface area contributed by atoms with Crippen LogP contribution in [0.3, 0.4) is 0 Å². The molecule has 0 aliphatic heterocycles. The van der Waals surface area contributed by atoms with Crippen molar-refractivity contribution in [1.29, 1.82) is 0 Å². The Morgan fingerprint density at radius 2 is 1.95 bits per heavy atom. The second-order valence-corrected chi connectivity index (χ2v) is 4.42. The van der Waals surface area contributed by atoms with Crippen LogP contribution in [-0.2, 0) is 6.54 Å². The van der Waals surface area contributed by atoms with Crippen LogP contribution in [-0.4, -0.2) is 4.92 Å². The fraction of sp³-hybridized carbons (Fsp3) is 0.0769. The Bertz CT molecular complexity index is 665. The molecule has 0 heterocycles. The molecule has 0 fully saturated rings. The highest BCUT2D eigenvalue weighted by Crippen LogP contribution is 2.23. The van der Waals surface area contributed by atoms with E-state index < -0.39 is 16.6 Å². The van der Waals surface area contributed by atoms with Crippen LogP contribution >= 0.6 is 11.6 Å². The number of rotatable bonds is 4. The van der Waals surface area contributed by atoms with Crippen LogP contribution in [0.15, 0.2) is 36.4 Å². The number of nitro groups is 1. The van der Waals surface area contributed by atoms with Crippen molar-refractivity contribution < 1.29 is 13.7 Å². The average molecular weight is 299 g/mol. The summed E-state index contributed by atoms with van der Waals surface area (Å²) >= 11 is 5.84. The number of nitrogens with one attached hydrogen (secondary N) is 1. The first-order chi connectivity index (χ1) is 9.47. The van der Waals surface area contributed by atoms with Gasteiger partial charge in [-0.15, -0.1) is 0 Å². The normalized spacial score (nSPS) is 10.3. The molecule has 0 amide bonds. The molecule has 0 atom stereocenters. The number of benzene rings is 2. The average Bonchev–Trinajstić information content (AvgIpc) is 2.38. The molecular weight excluding hydrogens is 290 g/mol. The van der Waals surface area contributed by atoms with Gasteiger partial charge in [-0.1, -0.05) is 17.7 Å². The third-order valence-electron chi connectivity index (χ3n) is 2.65. The zero-order valence-electron chi connectivity index (χ0n) is 10.1. The number of halogens is 3. The molecule has 104 valence electrons. The first-order valence-corrected chi connectivity index (χ1v) is 5.97. The summed E-state index contributed by atoms with van der Waals surface area (Å²) in [7, 11) is 0. The summed E-state index contributed by atoms with van der Waals surface area (Å²) in [5.74, 6) is -1.20. The molecule has 0 radical (unpaired) electrons. The molecule has 4 nitrogen and oxygen atoms in total. The number of nitrogens with zero attached hydrogens (tertiary/aromatic N) is 1. The van der Waals surface area contributed by atoms with E-state index in [-0.39, 0.29) is 22.9 Å². The van der Waals surface area contributed by atoms with Crippen LogP contribution in [0.5, 0.6) is 0 Å². The van der Waals surface area contributed by atoms with Gasteiger partial charge in [-0.05, 0) is 23.8 Å². The number of nitro benzene ring substituents is 1. The molecule has 0 saturated heterocycles. The molecule has 7 heteroatoms. The van der Waals surface area contributed by atoms with Gasteiger partial charge in [-0.3, -0.25) is 10.1 Å². The largest absolute Gasteiger partial charge is 0.379 e. The summed E-state index contributed by atoms with van der Waals surface area (Å²) in [5, 5.41) is 13.5. The highest BCUT2D eigenvalue weighted by Gasteiger charge is 2.11. The minimum atomic E-state index is -0.738. The molecule has 0 aliphatic carbocycles. The van der Waals surface area contributed by atoms with Crippen molar-refractivity contribution in [3.8, 4) is 0 Å². The van der Waals surface area contributed by atoms with E-state index in [0.29, 0.717) is 5.56 Å². The van der Waals surface area contributed by atoms with E-state index in [4.69, 9.17) is 11.6 Å². The van der Waals surface area contributed by atoms with E-state index in [2.05, 4.69) is 5.32 Å². The summed E-state index contributed by atoms with van der Waals surface area (Å²) in [6.45, 7) is 0.174. The molecule has 0 aromatic heterocycles. The Morgan fingerprint density at radius 1 is 1.20 bits per heavy atom. The number of hydrogen-bond acceptors (Lipinski definition) is 3. The Labute approximate surface area is 118 Å². The lowest BCUT2D eigenvalue weighted by atomic mass is 10.2. The fourth-order valence-electron chi connectivity index (χ4n) is 1.62. The van der Waals surface area contributed by atoms with Crippen molar-refractivity contribution in [3.05, 3.63) is 68.7 Å². The number of hydrogen-bond donors (Lipinski definition) is 1. The molecular formula is C13H9ClF2N2O2. The smallest absolute Gasteiger partial charge is 0.272 e. The maximum Gasteiger partial charge on any atom is 0.272 e. The first-order valence-electron chi connectivity index (χ1n) is 5.59. The second kappa shape index (κ2) is 5.83. The topological polar surface area (TPSA) is 55.2 Å². The third-order valence-corrected chi connectivity index (χ3v) is 3.00. The van der Waals surface area contributed by atoms with Crippen LogP contribution in [0.2, 0.25) is 5.02 Å². The summed E-state index contributed by atoms with van der Waals surface area (Å²) in [6.07, 6.45) is 0. The predicted octanol–water partition coefficient (Wildman–Crippen LogP) is 4.14. The SMILES string of the molecule is O=[N+]([O-])c1ccc(NCc2ccc(F)cc2Cl)c(F)c1. The van der Waals surface area contributed by atoms with Crippen molar-refractivity contribution in [3.63, 3.8) is 0 Å². The Balaban J connectivity index is 2.13. The lowest BCUT2D eigenvalue weighted by molar-refractivity contribution is -0.385. The summed E-state index contributed by atoms with van der Waals surface area (Å²) in [6, 6.07) is 7.17. The minimum absolute atomic E-state index is 0.107. The van der Waals surface area contributed by atoms with Crippen LogP contribution in [0, 0.1) is 21.7 Å². The van der Waals surface area contributed by atoms with Crippen molar-refractivity contribution in [1.82, 2.24) is 0 Å². The molecule has 20 heavy (non-hydrogen) atoms. The van der Waals surface area contributed by atoms with Gasteiger partial charge < -0.3 is 5.32 Å². The van der Waals surface area contributed by atoms with Gasteiger partial charge in [0.15, 0.2) is 5.82 Å². The number of non-ortho nitro benzene ring substituents is 1. The van der Waals surface area contributed by atoms with Crippen LogP contribution < -0.4 is 5.32 Å². The second-order valence-electron chi connectivity index (χ2n) is 4.01. The van der Waals surface area contributed by atoms with Gasteiger partial charge >= 0.3 is 0 Å². The van der Waals surface area contributed by atoms with E-state index >= 15 is 0 Å². The van der Waals surface area contributed by atoms with E-state index in [1.165, 1.54) is 24.3 Å². The molecule has 0 spiro atoms. The van der Waals surface area contributed by atoms with Gasteiger partial charge in [-0.25, -0.2) is 8.78 Å². The standard InChI is InChI=1S/C13H9ClF2N2O2/c14-11-5-9(15)2-1-8(11)7-17-13-4-3-10(18(19)20)6-12(13)16/h1-6,17H,7H2. The molecule has 2 rings (SSSR count). The summed E-state index contributed by atoms with van der Waals surface area (Å²) < 4.78 is 26.5.